The van der Waals surface area contributed by atoms with Crippen molar-refractivity contribution < 1.29 is 9.90 Å². The Hall–Kier alpha value is -0.790. The fourth-order valence-corrected chi connectivity index (χ4v) is 3.04. The molecule has 0 aromatic carbocycles. The lowest BCUT2D eigenvalue weighted by Crippen LogP contribution is -2.28. The van der Waals surface area contributed by atoms with Crippen LogP contribution < -0.4 is 0 Å². The third-order valence-corrected chi connectivity index (χ3v) is 4.31. The minimum Gasteiger partial charge on any atom is -0.481 e. The third kappa shape index (κ3) is 3.86. The van der Waals surface area contributed by atoms with Gasteiger partial charge in [-0.15, -0.1) is 6.58 Å². The number of hydrogen-bond donors (Lipinski definition) is 1. The molecule has 1 N–H and O–H groups in total. The second kappa shape index (κ2) is 6.83. The smallest absolute Gasteiger partial charge is 0.309 e. The highest BCUT2D eigenvalue weighted by molar-refractivity contribution is 5.75. The Morgan fingerprint density at radius 3 is 2.76 bits per heavy atom. The lowest BCUT2D eigenvalue weighted by atomic mass is 9.80. The van der Waals surface area contributed by atoms with Crippen molar-refractivity contribution >= 4 is 5.97 Å². The molecule has 0 aromatic heterocycles. The minimum atomic E-state index is -0.558. The van der Waals surface area contributed by atoms with Crippen molar-refractivity contribution in [3.8, 4) is 0 Å². The van der Waals surface area contributed by atoms with Crippen LogP contribution in [0.1, 0.15) is 64.7 Å². The zero-order chi connectivity index (χ0) is 12.7. The van der Waals surface area contributed by atoms with Crippen molar-refractivity contribution in [1.29, 1.82) is 0 Å². The van der Waals surface area contributed by atoms with Gasteiger partial charge in [0.1, 0.15) is 0 Å². The summed E-state index contributed by atoms with van der Waals surface area (Å²) in [5.74, 6) is 0.0800. The maximum Gasteiger partial charge on any atom is 0.309 e. The first-order valence-electron chi connectivity index (χ1n) is 6.99. The van der Waals surface area contributed by atoms with Gasteiger partial charge < -0.3 is 5.11 Å². The van der Waals surface area contributed by atoms with Gasteiger partial charge in [0.15, 0.2) is 0 Å². The SMILES string of the molecule is C=CCCCCCC1(C(=O)O)CCC(CC)C1. The molecule has 0 bridgehead atoms. The van der Waals surface area contributed by atoms with Crippen LogP contribution in [0.25, 0.3) is 0 Å². The normalized spacial score (nSPS) is 28.2. The molecule has 0 aromatic rings. The summed E-state index contributed by atoms with van der Waals surface area (Å²) in [6.45, 7) is 5.88. The first-order valence-corrected chi connectivity index (χ1v) is 6.99. The largest absolute Gasteiger partial charge is 0.481 e. The van der Waals surface area contributed by atoms with Crippen molar-refractivity contribution in [2.24, 2.45) is 11.3 Å². The van der Waals surface area contributed by atoms with Crippen molar-refractivity contribution in [3.63, 3.8) is 0 Å². The summed E-state index contributed by atoms with van der Waals surface area (Å²) in [6.07, 6.45) is 11.2. The minimum absolute atomic E-state index is 0.394. The van der Waals surface area contributed by atoms with E-state index in [9.17, 15) is 9.90 Å². The molecule has 2 unspecified atom stereocenters. The van der Waals surface area contributed by atoms with E-state index in [1.165, 1.54) is 0 Å². The van der Waals surface area contributed by atoms with Crippen LogP contribution in [0, 0.1) is 11.3 Å². The lowest BCUT2D eigenvalue weighted by molar-refractivity contribution is -0.149. The van der Waals surface area contributed by atoms with Crippen LogP contribution >= 0.6 is 0 Å². The summed E-state index contributed by atoms with van der Waals surface area (Å²) in [6, 6.07) is 0. The Labute approximate surface area is 105 Å². The Kier molecular flexibility index (Phi) is 5.73. The second-order valence-electron chi connectivity index (χ2n) is 5.49. The van der Waals surface area contributed by atoms with Crippen LogP contribution in [0.4, 0.5) is 0 Å². The van der Waals surface area contributed by atoms with Gasteiger partial charge in [-0.05, 0) is 44.4 Å². The van der Waals surface area contributed by atoms with Crippen LogP contribution in [0.5, 0.6) is 0 Å². The van der Waals surface area contributed by atoms with Gasteiger partial charge in [0.2, 0.25) is 0 Å². The van der Waals surface area contributed by atoms with Gasteiger partial charge in [-0.25, -0.2) is 0 Å². The molecule has 2 nitrogen and oxygen atoms in total. The van der Waals surface area contributed by atoms with Crippen LogP contribution in [-0.4, -0.2) is 11.1 Å². The van der Waals surface area contributed by atoms with Gasteiger partial charge in [-0.3, -0.25) is 4.79 Å². The van der Waals surface area contributed by atoms with E-state index in [1.54, 1.807) is 0 Å². The van der Waals surface area contributed by atoms with Gasteiger partial charge in [0.05, 0.1) is 5.41 Å². The van der Waals surface area contributed by atoms with E-state index in [0.717, 1.165) is 57.8 Å². The standard InChI is InChI=1S/C15H26O2/c1-3-5-6-7-8-10-15(14(16)17)11-9-13(4-2)12-15/h3,13H,1,4-12H2,2H3,(H,16,17). The molecule has 0 saturated heterocycles. The molecule has 0 aliphatic heterocycles. The summed E-state index contributed by atoms with van der Waals surface area (Å²) in [7, 11) is 0. The zero-order valence-electron chi connectivity index (χ0n) is 11.1. The molecule has 17 heavy (non-hydrogen) atoms. The predicted molar refractivity (Wildman–Crippen MR) is 71.0 cm³/mol. The average Bonchev–Trinajstić information content (AvgIpc) is 2.74. The van der Waals surface area contributed by atoms with Gasteiger partial charge >= 0.3 is 5.97 Å². The van der Waals surface area contributed by atoms with E-state index in [-0.39, 0.29) is 0 Å². The van der Waals surface area contributed by atoms with E-state index < -0.39 is 11.4 Å². The van der Waals surface area contributed by atoms with Gasteiger partial charge in [0, 0.05) is 0 Å². The Bertz CT molecular complexity index is 260. The quantitative estimate of drug-likeness (QED) is 0.502. The van der Waals surface area contributed by atoms with Crippen LogP contribution in [-0.2, 0) is 4.79 Å². The van der Waals surface area contributed by atoms with E-state index in [4.69, 9.17) is 0 Å². The zero-order valence-corrected chi connectivity index (χ0v) is 11.1. The highest BCUT2D eigenvalue weighted by Crippen LogP contribution is 2.46. The molecule has 0 amide bonds. The van der Waals surface area contributed by atoms with Crippen LogP contribution in [0.2, 0.25) is 0 Å². The molecule has 0 spiro atoms. The summed E-state index contributed by atoms with van der Waals surface area (Å²) in [4.78, 5) is 11.5. The Morgan fingerprint density at radius 2 is 2.24 bits per heavy atom. The van der Waals surface area contributed by atoms with Crippen LogP contribution in [0.15, 0.2) is 12.7 Å². The third-order valence-electron chi connectivity index (χ3n) is 4.31. The number of aliphatic carboxylic acids is 1. The maximum atomic E-state index is 11.5. The summed E-state index contributed by atoms with van der Waals surface area (Å²) in [5.41, 5.74) is -0.394. The molecule has 1 rings (SSSR count). The van der Waals surface area contributed by atoms with Crippen LogP contribution in [0.3, 0.4) is 0 Å². The van der Waals surface area contributed by atoms with E-state index in [0.29, 0.717) is 5.92 Å². The molecular weight excluding hydrogens is 212 g/mol. The number of carboxylic acids is 1. The molecule has 1 aliphatic rings. The molecular formula is C15H26O2. The molecule has 1 fully saturated rings. The molecule has 0 radical (unpaired) electrons. The molecule has 0 heterocycles. The molecule has 1 aliphatic carbocycles. The number of hydrogen-bond acceptors (Lipinski definition) is 1. The first kappa shape index (κ1) is 14.3. The average molecular weight is 238 g/mol. The first-order chi connectivity index (χ1) is 8.14. The van der Waals surface area contributed by atoms with Gasteiger partial charge in [-0.2, -0.15) is 0 Å². The molecule has 98 valence electrons. The predicted octanol–water partition coefficient (Wildman–Crippen LogP) is 4.40. The van der Waals surface area contributed by atoms with Crippen molar-refractivity contribution in [1.82, 2.24) is 0 Å². The Morgan fingerprint density at radius 1 is 1.47 bits per heavy atom. The number of carboxylic acid groups (broad SMARTS) is 1. The fourth-order valence-electron chi connectivity index (χ4n) is 3.04. The topological polar surface area (TPSA) is 37.3 Å². The summed E-state index contributed by atoms with van der Waals surface area (Å²) < 4.78 is 0. The number of allylic oxidation sites excluding steroid dienone is 1. The van der Waals surface area contributed by atoms with E-state index in [1.807, 2.05) is 6.08 Å². The molecule has 2 atom stereocenters. The molecule has 1 saturated carbocycles. The maximum absolute atomic E-state index is 11.5. The summed E-state index contributed by atoms with van der Waals surface area (Å²) in [5, 5.41) is 9.46. The monoisotopic (exact) mass is 238 g/mol. The second-order valence-corrected chi connectivity index (χ2v) is 5.49. The fraction of sp³-hybridized carbons (Fsp3) is 0.800. The van der Waals surface area contributed by atoms with Crippen molar-refractivity contribution in [2.45, 2.75) is 64.7 Å². The van der Waals surface area contributed by atoms with Gasteiger partial charge in [-0.1, -0.05) is 32.3 Å². The Balaban J connectivity index is 2.39. The highest BCUT2D eigenvalue weighted by Gasteiger charge is 2.44. The van der Waals surface area contributed by atoms with E-state index in [2.05, 4.69) is 13.5 Å². The van der Waals surface area contributed by atoms with Crippen molar-refractivity contribution in [3.05, 3.63) is 12.7 Å². The lowest BCUT2D eigenvalue weighted by Gasteiger charge is -2.24. The number of unbranched alkanes of at least 4 members (excludes halogenated alkanes) is 3. The highest BCUT2D eigenvalue weighted by atomic mass is 16.4. The van der Waals surface area contributed by atoms with E-state index >= 15 is 0 Å². The summed E-state index contributed by atoms with van der Waals surface area (Å²) >= 11 is 0. The number of carbonyl (C=O) groups is 1. The molecule has 2 heteroatoms. The van der Waals surface area contributed by atoms with Gasteiger partial charge in [0.25, 0.3) is 0 Å². The van der Waals surface area contributed by atoms with Crippen molar-refractivity contribution in [2.75, 3.05) is 0 Å². The number of rotatable bonds is 8.